The van der Waals surface area contributed by atoms with Crippen LogP contribution in [0.1, 0.15) is 24.5 Å². The smallest absolute Gasteiger partial charge is 0.258 e. The first-order valence-electron chi connectivity index (χ1n) is 9.51. The van der Waals surface area contributed by atoms with Crippen molar-refractivity contribution >= 4 is 15.9 Å². The van der Waals surface area contributed by atoms with E-state index >= 15 is 0 Å². The van der Waals surface area contributed by atoms with E-state index < -0.39 is 10.0 Å². The van der Waals surface area contributed by atoms with Crippen molar-refractivity contribution in [3.8, 4) is 17.2 Å². The molecule has 0 heterocycles. The molecule has 0 aliphatic rings. The first-order valence-corrected chi connectivity index (χ1v) is 11.0. The number of carbonyl (C=O) groups excluding carboxylic acids is 1. The number of benzene rings is 2. The van der Waals surface area contributed by atoms with Crippen LogP contribution < -0.4 is 24.2 Å². The highest BCUT2D eigenvalue weighted by Crippen LogP contribution is 2.27. The molecule has 8 nitrogen and oxygen atoms in total. The van der Waals surface area contributed by atoms with Crippen LogP contribution in [0.4, 0.5) is 0 Å². The summed E-state index contributed by atoms with van der Waals surface area (Å²) in [7, 11) is -0.441. The molecule has 0 bridgehead atoms. The van der Waals surface area contributed by atoms with E-state index in [2.05, 4.69) is 10.0 Å². The molecule has 0 aliphatic heterocycles. The molecule has 30 heavy (non-hydrogen) atoms. The Kier molecular flexibility index (Phi) is 8.49. The number of carbonyl (C=O) groups is 1. The van der Waals surface area contributed by atoms with Gasteiger partial charge in [-0.25, -0.2) is 13.1 Å². The summed E-state index contributed by atoms with van der Waals surface area (Å²) in [6.07, 6.45) is 0.706. The number of hydrogen-bond donors (Lipinski definition) is 2. The van der Waals surface area contributed by atoms with Crippen molar-refractivity contribution in [2.24, 2.45) is 0 Å². The lowest BCUT2D eigenvalue weighted by molar-refractivity contribution is -0.123. The van der Waals surface area contributed by atoms with E-state index in [1.807, 2.05) is 13.0 Å². The van der Waals surface area contributed by atoms with E-state index in [-0.39, 0.29) is 17.4 Å². The SMILES string of the molecule is CCCNS(=O)(=O)c1ccc(OCC(=O)NCc2ccc(OC)c(OC)c2)c(C)c1. The van der Waals surface area contributed by atoms with Crippen molar-refractivity contribution in [2.45, 2.75) is 31.7 Å². The third-order valence-corrected chi connectivity index (χ3v) is 5.75. The Hall–Kier alpha value is -2.78. The highest BCUT2D eigenvalue weighted by molar-refractivity contribution is 7.89. The van der Waals surface area contributed by atoms with Crippen LogP contribution in [0.15, 0.2) is 41.3 Å². The number of hydrogen-bond acceptors (Lipinski definition) is 6. The molecule has 164 valence electrons. The molecule has 0 aliphatic carbocycles. The lowest BCUT2D eigenvalue weighted by Gasteiger charge is -2.12. The van der Waals surface area contributed by atoms with E-state index in [9.17, 15) is 13.2 Å². The predicted molar refractivity (Wildman–Crippen MR) is 114 cm³/mol. The maximum absolute atomic E-state index is 12.2. The van der Waals surface area contributed by atoms with Crippen LogP contribution in [0.25, 0.3) is 0 Å². The average molecular weight is 437 g/mol. The summed E-state index contributed by atoms with van der Waals surface area (Å²) in [6, 6.07) is 9.92. The van der Waals surface area contributed by atoms with Crippen molar-refractivity contribution in [3.63, 3.8) is 0 Å². The monoisotopic (exact) mass is 436 g/mol. The molecule has 0 atom stereocenters. The van der Waals surface area contributed by atoms with Crippen molar-refractivity contribution in [1.29, 1.82) is 0 Å². The summed E-state index contributed by atoms with van der Waals surface area (Å²) in [4.78, 5) is 12.3. The molecule has 2 aromatic rings. The fourth-order valence-electron chi connectivity index (χ4n) is 2.66. The van der Waals surface area contributed by atoms with Crippen LogP contribution >= 0.6 is 0 Å². The van der Waals surface area contributed by atoms with Crippen LogP contribution in [0.5, 0.6) is 17.2 Å². The van der Waals surface area contributed by atoms with Gasteiger partial charge in [0.2, 0.25) is 10.0 Å². The first kappa shape index (κ1) is 23.5. The van der Waals surface area contributed by atoms with Crippen LogP contribution in [-0.4, -0.2) is 41.7 Å². The molecule has 0 aromatic heterocycles. The van der Waals surface area contributed by atoms with Crippen molar-refractivity contribution in [3.05, 3.63) is 47.5 Å². The van der Waals surface area contributed by atoms with Gasteiger partial charge in [0.05, 0.1) is 19.1 Å². The molecule has 0 fully saturated rings. The topological polar surface area (TPSA) is 103 Å². The van der Waals surface area contributed by atoms with Crippen LogP contribution in [-0.2, 0) is 21.4 Å². The zero-order valence-electron chi connectivity index (χ0n) is 17.7. The highest BCUT2D eigenvalue weighted by atomic mass is 32.2. The minimum absolute atomic E-state index is 0.165. The minimum atomic E-state index is -3.55. The summed E-state index contributed by atoms with van der Waals surface area (Å²) in [5.41, 5.74) is 1.48. The Balaban J connectivity index is 1.92. The normalized spacial score (nSPS) is 11.1. The molecular formula is C21H28N2O6S. The Morgan fingerprint density at radius 3 is 2.33 bits per heavy atom. The van der Waals surface area contributed by atoms with Gasteiger partial charge in [-0.15, -0.1) is 0 Å². The number of sulfonamides is 1. The Morgan fingerprint density at radius 2 is 1.70 bits per heavy atom. The largest absolute Gasteiger partial charge is 0.493 e. The van der Waals surface area contributed by atoms with Gasteiger partial charge in [0, 0.05) is 13.1 Å². The molecule has 9 heteroatoms. The number of methoxy groups -OCH3 is 2. The van der Waals surface area contributed by atoms with Crippen LogP contribution in [0, 0.1) is 6.92 Å². The fraction of sp³-hybridized carbons (Fsp3) is 0.381. The maximum atomic E-state index is 12.2. The Bertz CT molecular complexity index is 975. The molecular weight excluding hydrogens is 408 g/mol. The fourth-order valence-corrected chi connectivity index (χ4v) is 3.87. The van der Waals surface area contributed by atoms with Gasteiger partial charge in [-0.05, 0) is 54.8 Å². The number of nitrogens with one attached hydrogen (secondary N) is 2. The summed E-state index contributed by atoms with van der Waals surface area (Å²) in [5.74, 6) is 1.34. The second-order valence-corrected chi connectivity index (χ2v) is 8.35. The summed E-state index contributed by atoms with van der Waals surface area (Å²) in [5, 5.41) is 2.77. The third kappa shape index (κ3) is 6.36. The minimum Gasteiger partial charge on any atom is -0.493 e. The Labute approximate surface area is 177 Å². The van der Waals surface area contributed by atoms with Gasteiger partial charge in [0.1, 0.15) is 5.75 Å². The second kappa shape index (κ2) is 10.8. The zero-order valence-corrected chi connectivity index (χ0v) is 18.5. The van der Waals surface area contributed by atoms with E-state index in [0.29, 0.717) is 42.3 Å². The number of amides is 1. The van der Waals surface area contributed by atoms with Crippen molar-refractivity contribution in [1.82, 2.24) is 10.0 Å². The average Bonchev–Trinajstić information content (AvgIpc) is 2.75. The molecule has 2 N–H and O–H groups in total. The molecule has 0 spiro atoms. The van der Waals surface area contributed by atoms with Crippen LogP contribution in [0.3, 0.4) is 0 Å². The molecule has 1 amide bonds. The van der Waals surface area contributed by atoms with Gasteiger partial charge >= 0.3 is 0 Å². The first-order chi connectivity index (χ1) is 14.3. The van der Waals surface area contributed by atoms with Crippen LogP contribution in [0.2, 0.25) is 0 Å². The highest BCUT2D eigenvalue weighted by Gasteiger charge is 2.15. The van der Waals surface area contributed by atoms with Gasteiger partial charge in [-0.1, -0.05) is 13.0 Å². The Morgan fingerprint density at radius 1 is 1.00 bits per heavy atom. The zero-order chi connectivity index (χ0) is 22.1. The van der Waals surface area contributed by atoms with Crippen molar-refractivity contribution in [2.75, 3.05) is 27.4 Å². The van der Waals surface area contributed by atoms with E-state index in [1.165, 1.54) is 12.1 Å². The number of rotatable bonds is 11. The maximum Gasteiger partial charge on any atom is 0.258 e. The summed E-state index contributed by atoms with van der Waals surface area (Å²) < 4.78 is 42.9. The standard InChI is InChI=1S/C21H28N2O6S/c1-5-10-23-30(25,26)17-7-9-18(15(2)11-17)29-14-21(24)22-13-16-6-8-19(27-3)20(12-16)28-4/h6-9,11-12,23H,5,10,13-14H2,1-4H3,(H,22,24). The number of aryl methyl sites for hydroxylation is 1. The molecule has 0 saturated carbocycles. The van der Waals surface area contributed by atoms with Crippen molar-refractivity contribution < 1.29 is 27.4 Å². The quantitative estimate of drug-likeness (QED) is 0.561. The molecule has 0 radical (unpaired) electrons. The van der Waals surface area contributed by atoms with Gasteiger partial charge in [-0.2, -0.15) is 0 Å². The molecule has 2 rings (SSSR count). The molecule has 2 aromatic carbocycles. The summed E-state index contributed by atoms with van der Waals surface area (Å²) >= 11 is 0. The molecule has 0 saturated heterocycles. The van der Waals surface area contributed by atoms with E-state index in [0.717, 1.165) is 5.56 Å². The lowest BCUT2D eigenvalue weighted by atomic mass is 10.2. The van der Waals surface area contributed by atoms with Gasteiger partial charge < -0.3 is 19.5 Å². The third-order valence-electron chi connectivity index (χ3n) is 4.30. The molecule has 0 unspecified atom stereocenters. The van der Waals surface area contributed by atoms with E-state index in [1.54, 1.807) is 39.3 Å². The van der Waals surface area contributed by atoms with Gasteiger partial charge in [0.15, 0.2) is 18.1 Å². The summed E-state index contributed by atoms with van der Waals surface area (Å²) in [6.45, 7) is 4.12. The van der Waals surface area contributed by atoms with Gasteiger partial charge in [0.25, 0.3) is 5.91 Å². The van der Waals surface area contributed by atoms with Gasteiger partial charge in [-0.3, -0.25) is 4.79 Å². The lowest BCUT2D eigenvalue weighted by Crippen LogP contribution is -2.28. The van der Waals surface area contributed by atoms with E-state index in [4.69, 9.17) is 14.2 Å². The second-order valence-electron chi connectivity index (χ2n) is 6.58. The predicted octanol–water partition coefficient (Wildman–Crippen LogP) is 2.40. The number of ether oxygens (including phenoxy) is 3.